The third kappa shape index (κ3) is 4.01. The van der Waals surface area contributed by atoms with Gasteiger partial charge in [-0.15, -0.1) is 0 Å². The first-order valence-electron chi connectivity index (χ1n) is 5.30. The molecular formula is C12H14F2O3. The molecule has 0 bridgehead atoms. The SMILES string of the molecule is CCOC(=O)CCc1ccc(O)c(C(F)F)c1. The maximum Gasteiger partial charge on any atom is 0.306 e. The van der Waals surface area contributed by atoms with E-state index >= 15 is 0 Å². The van der Waals surface area contributed by atoms with Crippen LogP contribution in [-0.2, 0) is 16.0 Å². The minimum Gasteiger partial charge on any atom is -0.507 e. The number of phenolic OH excluding ortho intramolecular Hbond substituents is 1. The zero-order chi connectivity index (χ0) is 12.8. The quantitative estimate of drug-likeness (QED) is 0.810. The number of alkyl halides is 2. The molecule has 0 aliphatic rings. The molecule has 0 unspecified atom stereocenters. The van der Waals surface area contributed by atoms with E-state index in [4.69, 9.17) is 4.74 Å². The minimum absolute atomic E-state index is 0.140. The molecule has 1 aromatic rings. The van der Waals surface area contributed by atoms with E-state index in [-0.39, 0.29) is 12.4 Å². The van der Waals surface area contributed by atoms with Crippen LogP contribution in [0.3, 0.4) is 0 Å². The van der Waals surface area contributed by atoms with Crippen LogP contribution in [0.5, 0.6) is 5.75 Å². The number of aromatic hydroxyl groups is 1. The second kappa shape index (κ2) is 6.18. The van der Waals surface area contributed by atoms with Crippen molar-refractivity contribution in [1.29, 1.82) is 0 Å². The average molecular weight is 244 g/mol. The van der Waals surface area contributed by atoms with E-state index < -0.39 is 17.7 Å². The van der Waals surface area contributed by atoms with Crippen LogP contribution in [0.15, 0.2) is 18.2 Å². The number of hydrogen-bond acceptors (Lipinski definition) is 3. The summed E-state index contributed by atoms with van der Waals surface area (Å²) in [5.74, 6) is -0.793. The number of carbonyl (C=O) groups excluding carboxylic acids is 1. The van der Waals surface area contributed by atoms with Gasteiger partial charge in [0.25, 0.3) is 6.43 Å². The van der Waals surface area contributed by atoms with Gasteiger partial charge in [-0.1, -0.05) is 6.07 Å². The molecule has 0 aliphatic heterocycles. The number of phenols is 1. The fourth-order valence-electron chi connectivity index (χ4n) is 1.41. The van der Waals surface area contributed by atoms with Gasteiger partial charge in [-0.25, -0.2) is 8.78 Å². The molecule has 1 aromatic carbocycles. The first-order valence-corrected chi connectivity index (χ1v) is 5.30. The van der Waals surface area contributed by atoms with E-state index in [1.165, 1.54) is 18.2 Å². The zero-order valence-electron chi connectivity index (χ0n) is 9.45. The van der Waals surface area contributed by atoms with E-state index in [1.54, 1.807) is 6.92 Å². The van der Waals surface area contributed by atoms with Crippen molar-refractivity contribution in [3.05, 3.63) is 29.3 Å². The molecule has 94 valence electrons. The van der Waals surface area contributed by atoms with Crippen LogP contribution in [-0.4, -0.2) is 17.7 Å². The van der Waals surface area contributed by atoms with Crippen LogP contribution < -0.4 is 0 Å². The van der Waals surface area contributed by atoms with E-state index in [0.29, 0.717) is 18.6 Å². The minimum atomic E-state index is -2.72. The molecule has 5 heteroatoms. The van der Waals surface area contributed by atoms with Crippen molar-refractivity contribution in [2.24, 2.45) is 0 Å². The fraction of sp³-hybridized carbons (Fsp3) is 0.417. The molecule has 0 amide bonds. The number of carbonyl (C=O) groups is 1. The molecule has 0 heterocycles. The third-order valence-corrected chi connectivity index (χ3v) is 2.25. The molecule has 0 aliphatic carbocycles. The second-order valence-corrected chi connectivity index (χ2v) is 3.50. The maximum atomic E-state index is 12.5. The largest absolute Gasteiger partial charge is 0.507 e. The number of halogens is 2. The molecule has 0 radical (unpaired) electrons. The summed E-state index contributed by atoms with van der Waals surface area (Å²) in [7, 11) is 0. The van der Waals surface area contributed by atoms with Crippen LogP contribution in [0.1, 0.15) is 30.9 Å². The topological polar surface area (TPSA) is 46.5 Å². The van der Waals surface area contributed by atoms with Gasteiger partial charge >= 0.3 is 5.97 Å². The Balaban J connectivity index is 2.66. The smallest absolute Gasteiger partial charge is 0.306 e. The molecule has 3 nitrogen and oxygen atoms in total. The summed E-state index contributed by atoms with van der Waals surface area (Å²) in [6.07, 6.45) is -2.27. The highest BCUT2D eigenvalue weighted by atomic mass is 19.3. The van der Waals surface area contributed by atoms with Gasteiger partial charge in [0.05, 0.1) is 12.2 Å². The van der Waals surface area contributed by atoms with Gasteiger partial charge in [0.1, 0.15) is 5.75 Å². The number of ether oxygens (including phenoxy) is 1. The molecule has 0 saturated heterocycles. The molecule has 0 aromatic heterocycles. The summed E-state index contributed by atoms with van der Waals surface area (Å²) < 4.78 is 29.7. The van der Waals surface area contributed by atoms with E-state index in [1.807, 2.05) is 0 Å². The third-order valence-electron chi connectivity index (χ3n) is 2.25. The van der Waals surface area contributed by atoms with Gasteiger partial charge in [0.15, 0.2) is 0 Å². The summed E-state index contributed by atoms with van der Waals surface area (Å²) in [4.78, 5) is 11.1. The van der Waals surface area contributed by atoms with Crippen molar-refractivity contribution < 1.29 is 23.4 Å². The van der Waals surface area contributed by atoms with Gasteiger partial charge in [0.2, 0.25) is 0 Å². The molecule has 1 N–H and O–H groups in total. The van der Waals surface area contributed by atoms with Crippen LogP contribution in [0.4, 0.5) is 8.78 Å². The monoisotopic (exact) mass is 244 g/mol. The van der Waals surface area contributed by atoms with Gasteiger partial charge < -0.3 is 9.84 Å². The van der Waals surface area contributed by atoms with Crippen molar-refractivity contribution in [2.45, 2.75) is 26.2 Å². The summed E-state index contributed by atoms with van der Waals surface area (Å²) in [6, 6.07) is 3.93. The number of hydrogen-bond donors (Lipinski definition) is 1. The summed E-state index contributed by atoms with van der Waals surface area (Å²) >= 11 is 0. The number of rotatable bonds is 5. The van der Waals surface area contributed by atoms with Crippen LogP contribution >= 0.6 is 0 Å². The molecular weight excluding hydrogens is 230 g/mol. The molecule has 0 saturated carbocycles. The first-order chi connectivity index (χ1) is 8.04. The second-order valence-electron chi connectivity index (χ2n) is 3.50. The lowest BCUT2D eigenvalue weighted by Gasteiger charge is -2.07. The van der Waals surface area contributed by atoms with Gasteiger partial charge in [-0.3, -0.25) is 4.79 Å². The molecule has 17 heavy (non-hydrogen) atoms. The highest BCUT2D eigenvalue weighted by molar-refractivity contribution is 5.69. The highest BCUT2D eigenvalue weighted by Gasteiger charge is 2.13. The molecule has 0 fully saturated rings. The molecule has 1 rings (SSSR count). The number of benzene rings is 1. The Hall–Kier alpha value is -1.65. The van der Waals surface area contributed by atoms with Crippen molar-refractivity contribution in [1.82, 2.24) is 0 Å². The zero-order valence-corrected chi connectivity index (χ0v) is 9.45. The lowest BCUT2D eigenvalue weighted by atomic mass is 10.1. The Morgan fingerprint density at radius 2 is 2.18 bits per heavy atom. The van der Waals surface area contributed by atoms with E-state index in [2.05, 4.69) is 0 Å². The van der Waals surface area contributed by atoms with Crippen molar-refractivity contribution >= 4 is 5.97 Å². The fourth-order valence-corrected chi connectivity index (χ4v) is 1.41. The van der Waals surface area contributed by atoms with Crippen molar-refractivity contribution in [2.75, 3.05) is 6.61 Å². The lowest BCUT2D eigenvalue weighted by Crippen LogP contribution is -2.05. The molecule has 0 atom stereocenters. The normalized spacial score (nSPS) is 10.6. The van der Waals surface area contributed by atoms with Crippen LogP contribution in [0, 0.1) is 0 Å². The predicted molar refractivity (Wildman–Crippen MR) is 58.0 cm³/mol. The summed E-state index contributed by atoms with van der Waals surface area (Å²) in [5, 5.41) is 9.20. The van der Waals surface area contributed by atoms with Crippen molar-refractivity contribution in [3.63, 3.8) is 0 Å². The summed E-state index contributed by atoms with van der Waals surface area (Å²) in [5.41, 5.74) is 0.164. The Morgan fingerprint density at radius 1 is 1.47 bits per heavy atom. The number of esters is 1. The highest BCUT2D eigenvalue weighted by Crippen LogP contribution is 2.29. The van der Waals surface area contributed by atoms with Gasteiger partial charge in [0, 0.05) is 6.42 Å². The Labute approximate surface area is 98.0 Å². The Bertz CT molecular complexity index is 391. The average Bonchev–Trinajstić information content (AvgIpc) is 2.28. The first kappa shape index (κ1) is 13.4. The standard InChI is InChI=1S/C12H14F2O3/c1-2-17-11(16)6-4-8-3-5-10(15)9(7-8)12(13)14/h3,5,7,12,15H,2,4,6H2,1H3. The van der Waals surface area contributed by atoms with Crippen LogP contribution in [0.2, 0.25) is 0 Å². The summed E-state index contributed by atoms with van der Waals surface area (Å²) in [6.45, 7) is 2.00. The number of aryl methyl sites for hydroxylation is 1. The van der Waals surface area contributed by atoms with Crippen LogP contribution in [0.25, 0.3) is 0 Å². The predicted octanol–water partition coefficient (Wildman–Crippen LogP) is 2.83. The van der Waals surface area contributed by atoms with E-state index in [9.17, 15) is 18.7 Å². The Morgan fingerprint density at radius 3 is 2.76 bits per heavy atom. The van der Waals surface area contributed by atoms with Gasteiger partial charge in [-0.05, 0) is 31.0 Å². The Kier molecular flexibility index (Phi) is 4.87. The molecule has 0 spiro atoms. The maximum absolute atomic E-state index is 12.5. The lowest BCUT2D eigenvalue weighted by molar-refractivity contribution is -0.143. The van der Waals surface area contributed by atoms with Crippen molar-refractivity contribution in [3.8, 4) is 5.75 Å². The van der Waals surface area contributed by atoms with E-state index in [0.717, 1.165) is 0 Å². The van der Waals surface area contributed by atoms with Gasteiger partial charge in [-0.2, -0.15) is 0 Å².